The highest BCUT2D eigenvalue weighted by Gasteiger charge is 2.24. The average Bonchev–Trinajstić information content (AvgIpc) is 2.47. The summed E-state index contributed by atoms with van der Waals surface area (Å²) < 4.78 is 0. The van der Waals surface area contributed by atoms with Gasteiger partial charge in [-0.3, -0.25) is 0 Å². The molecule has 0 aromatic heterocycles. The second-order valence-corrected chi connectivity index (χ2v) is 6.11. The van der Waals surface area contributed by atoms with Crippen LogP contribution in [0.4, 0.5) is 0 Å². The smallest absolute Gasteiger partial charge is 0.0146 e. The Balaban J connectivity index is 1.95. The lowest BCUT2D eigenvalue weighted by Crippen LogP contribution is -2.14. The first-order valence-electron chi connectivity index (χ1n) is 7.57. The summed E-state index contributed by atoms with van der Waals surface area (Å²) in [4.78, 5) is 0. The van der Waals surface area contributed by atoms with E-state index in [4.69, 9.17) is 0 Å². The summed E-state index contributed by atoms with van der Waals surface area (Å²) in [5.74, 6) is 0.756. The van der Waals surface area contributed by atoms with Gasteiger partial charge >= 0.3 is 0 Å². The van der Waals surface area contributed by atoms with Gasteiger partial charge in [-0.1, -0.05) is 43.3 Å². The summed E-state index contributed by atoms with van der Waals surface area (Å²) in [6.07, 6.45) is 6.48. The minimum atomic E-state index is 0.756. The predicted molar refractivity (Wildman–Crippen MR) is 80.6 cm³/mol. The van der Waals surface area contributed by atoms with Crippen molar-refractivity contribution in [2.24, 2.45) is 0 Å². The van der Waals surface area contributed by atoms with E-state index in [0.717, 1.165) is 5.92 Å². The van der Waals surface area contributed by atoms with E-state index in [2.05, 4.69) is 43.3 Å². The largest absolute Gasteiger partial charge is 0.0620 e. The molecule has 0 aliphatic heterocycles. The molecule has 0 spiro atoms. The predicted octanol–water partition coefficient (Wildman–Crippen LogP) is 4.89. The molecule has 0 bridgehead atoms. The van der Waals surface area contributed by atoms with Crippen molar-refractivity contribution >= 4 is 0 Å². The van der Waals surface area contributed by atoms with Gasteiger partial charge < -0.3 is 0 Å². The molecule has 1 atom stereocenters. The van der Waals surface area contributed by atoms with Gasteiger partial charge in [-0.05, 0) is 71.4 Å². The van der Waals surface area contributed by atoms with E-state index < -0.39 is 0 Å². The van der Waals surface area contributed by atoms with Crippen molar-refractivity contribution in [1.29, 1.82) is 0 Å². The number of aryl methyl sites for hydroxylation is 1. The lowest BCUT2D eigenvalue weighted by atomic mass is 9.75. The Labute approximate surface area is 115 Å². The van der Waals surface area contributed by atoms with Crippen molar-refractivity contribution < 1.29 is 0 Å². The van der Waals surface area contributed by atoms with Crippen molar-refractivity contribution in [2.75, 3.05) is 0 Å². The Morgan fingerprint density at radius 1 is 0.842 bits per heavy atom. The molecule has 0 nitrogen and oxygen atoms in total. The van der Waals surface area contributed by atoms with E-state index >= 15 is 0 Å². The van der Waals surface area contributed by atoms with Crippen molar-refractivity contribution in [3.05, 3.63) is 58.7 Å². The van der Waals surface area contributed by atoms with Gasteiger partial charge in [0.25, 0.3) is 0 Å². The molecular formula is C19H20. The molecule has 0 saturated heterocycles. The zero-order valence-corrected chi connectivity index (χ0v) is 11.6. The van der Waals surface area contributed by atoms with Crippen LogP contribution in [-0.4, -0.2) is 0 Å². The molecule has 0 heteroatoms. The summed E-state index contributed by atoms with van der Waals surface area (Å²) in [7, 11) is 0. The van der Waals surface area contributed by atoms with Crippen LogP contribution >= 0.6 is 0 Å². The van der Waals surface area contributed by atoms with Crippen molar-refractivity contribution in [1.82, 2.24) is 0 Å². The van der Waals surface area contributed by atoms with Crippen LogP contribution in [0.5, 0.6) is 0 Å². The molecule has 2 aliphatic carbocycles. The molecule has 0 N–H and O–H groups in total. The second-order valence-electron chi connectivity index (χ2n) is 6.11. The standard InChI is InChI=1S/C19H20/c1-13-5-4-8-17-15(13)11-12-18-16-7-3-2-6-14(16)9-10-19(17)18/h2-3,6-7,11-13H,4-5,8-10H2,1H3. The van der Waals surface area contributed by atoms with Gasteiger partial charge in [0, 0.05) is 0 Å². The highest BCUT2D eigenvalue weighted by Crippen LogP contribution is 2.41. The lowest BCUT2D eigenvalue weighted by molar-refractivity contribution is 0.585. The quantitative estimate of drug-likeness (QED) is 0.622. The first-order valence-corrected chi connectivity index (χ1v) is 7.57. The zero-order valence-electron chi connectivity index (χ0n) is 11.6. The van der Waals surface area contributed by atoms with E-state index in [9.17, 15) is 0 Å². The summed E-state index contributed by atoms with van der Waals surface area (Å²) in [6, 6.07) is 13.7. The summed E-state index contributed by atoms with van der Waals surface area (Å²) in [6.45, 7) is 2.39. The molecule has 19 heavy (non-hydrogen) atoms. The third kappa shape index (κ3) is 1.66. The third-order valence-electron chi connectivity index (χ3n) is 5.01. The number of hydrogen-bond donors (Lipinski definition) is 0. The fourth-order valence-electron chi connectivity index (χ4n) is 4.01. The minimum absolute atomic E-state index is 0.756. The summed E-state index contributed by atoms with van der Waals surface area (Å²) in [5.41, 5.74) is 9.48. The Bertz CT molecular complexity index is 636. The maximum atomic E-state index is 2.40. The van der Waals surface area contributed by atoms with Crippen LogP contribution in [0.15, 0.2) is 36.4 Å². The van der Waals surface area contributed by atoms with Gasteiger partial charge in [0.15, 0.2) is 0 Å². The molecular weight excluding hydrogens is 228 g/mol. The molecule has 0 fully saturated rings. The molecule has 0 saturated carbocycles. The molecule has 1 unspecified atom stereocenters. The Morgan fingerprint density at radius 3 is 2.68 bits per heavy atom. The van der Waals surface area contributed by atoms with E-state index in [0.29, 0.717) is 0 Å². The SMILES string of the molecule is CC1CCCc2c1ccc1c2CCc2ccccc2-1. The molecule has 2 aromatic carbocycles. The Morgan fingerprint density at radius 2 is 1.74 bits per heavy atom. The number of rotatable bonds is 0. The van der Waals surface area contributed by atoms with Gasteiger partial charge in [-0.2, -0.15) is 0 Å². The van der Waals surface area contributed by atoms with E-state index in [1.807, 2.05) is 0 Å². The highest BCUT2D eigenvalue weighted by molar-refractivity contribution is 5.75. The van der Waals surface area contributed by atoms with E-state index in [1.54, 1.807) is 16.7 Å². The molecule has 0 radical (unpaired) electrons. The maximum absolute atomic E-state index is 2.40. The monoisotopic (exact) mass is 248 g/mol. The molecule has 2 aromatic rings. The fourth-order valence-corrected chi connectivity index (χ4v) is 4.01. The topological polar surface area (TPSA) is 0 Å². The number of benzene rings is 2. The Hall–Kier alpha value is -1.56. The van der Waals surface area contributed by atoms with Gasteiger partial charge in [0.05, 0.1) is 0 Å². The number of fused-ring (bicyclic) bond motifs is 5. The van der Waals surface area contributed by atoms with Gasteiger partial charge in [0.2, 0.25) is 0 Å². The number of hydrogen-bond acceptors (Lipinski definition) is 0. The van der Waals surface area contributed by atoms with Crippen LogP contribution in [0.25, 0.3) is 11.1 Å². The summed E-state index contributed by atoms with van der Waals surface area (Å²) in [5, 5.41) is 0. The van der Waals surface area contributed by atoms with E-state index in [1.165, 1.54) is 48.8 Å². The minimum Gasteiger partial charge on any atom is -0.0620 e. The molecule has 2 aliphatic rings. The van der Waals surface area contributed by atoms with Crippen molar-refractivity contribution in [3.8, 4) is 11.1 Å². The molecule has 0 heterocycles. The lowest BCUT2D eigenvalue weighted by Gasteiger charge is -2.29. The van der Waals surface area contributed by atoms with Gasteiger partial charge in [-0.25, -0.2) is 0 Å². The average molecular weight is 248 g/mol. The third-order valence-corrected chi connectivity index (χ3v) is 5.01. The first-order chi connectivity index (χ1) is 9.34. The van der Waals surface area contributed by atoms with Crippen LogP contribution < -0.4 is 0 Å². The zero-order chi connectivity index (χ0) is 12.8. The molecule has 0 amide bonds. The normalized spacial score (nSPS) is 20.4. The summed E-state index contributed by atoms with van der Waals surface area (Å²) >= 11 is 0. The second kappa shape index (κ2) is 4.23. The highest BCUT2D eigenvalue weighted by atomic mass is 14.3. The van der Waals surface area contributed by atoms with Gasteiger partial charge in [-0.15, -0.1) is 0 Å². The maximum Gasteiger partial charge on any atom is -0.0146 e. The Kier molecular flexibility index (Phi) is 2.51. The van der Waals surface area contributed by atoms with Crippen LogP contribution in [0, 0.1) is 0 Å². The van der Waals surface area contributed by atoms with Crippen LogP contribution in [0.1, 0.15) is 47.9 Å². The molecule has 96 valence electrons. The molecule has 4 rings (SSSR count). The van der Waals surface area contributed by atoms with E-state index in [-0.39, 0.29) is 0 Å². The van der Waals surface area contributed by atoms with Gasteiger partial charge in [0.1, 0.15) is 0 Å². The van der Waals surface area contributed by atoms with Crippen LogP contribution in [0.2, 0.25) is 0 Å². The van der Waals surface area contributed by atoms with Crippen LogP contribution in [0.3, 0.4) is 0 Å². The van der Waals surface area contributed by atoms with Crippen molar-refractivity contribution in [2.45, 2.75) is 44.9 Å². The first kappa shape index (κ1) is 11.3. The fraction of sp³-hybridized carbons (Fsp3) is 0.368. The van der Waals surface area contributed by atoms with Crippen LogP contribution in [-0.2, 0) is 19.3 Å². The van der Waals surface area contributed by atoms with Crippen molar-refractivity contribution in [3.63, 3.8) is 0 Å².